The van der Waals surface area contributed by atoms with Crippen molar-refractivity contribution in [3.05, 3.63) is 34.6 Å². The number of aryl methyl sites for hydroxylation is 2. The predicted molar refractivity (Wildman–Crippen MR) is 77.5 cm³/mol. The Morgan fingerprint density at radius 2 is 2.33 bits per heavy atom. The van der Waals surface area contributed by atoms with Crippen LogP contribution in [0.25, 0.3) is 0 Å². The van der Waals surface area contributed by atoms with E-state index in [1.54, 1.807) is 23.7 Å². The van der Waals surface area contributed by atoms with Crippen LogP contribution in [0.4, 0.5) is 10.8 Å². The van der Waals surface area contributed by atoms with Crippen LogP contribution in [0.5, 0.6) is 0 Å². The summed E-state index contributed by atoms with van der Waals surface area (Å²) in [5.41, 5.74) is 8.53. The Morgan fingerprint density at radius 3 is 3.11 bits per heavy atom. The highest BCUT2D eigenvalue weighted by molar-refractivity contribution is 7.80. The van der Waals surface area contributed by atoms with Crippen molar-refractivity contribution in [2.75, 3.05) is 5.32 Å². The molecule has 6 heteroatoms. The molecular weight excluding hydrogens is 264 g/mol. The van der Waals surface area contributed by atoms with E-state index in [0.717, 1.165) is 29.2 Å². The number of nitrogens with zero attached hydrogens (tertiary/aromatic N) is 2. The minimum atomic E-state index is 0.365. The summed E-state index contributed by atoms with van der Waals surface area (Å²) in [7, 11) is 0. The van der Waals surface area contributed by atoms with Gasteiger partial charge in [0, 0.05) is 16.6 Å². The second kappa shape index (κ2) is 4.62. The van der Waals surface area contributed by atoms with Gasteiger partial charge in [-0.25, -0.2) is 4.98 Å². The molecule has 0 fully saturated rings. The van der Waals surface area contributed by atoms with Gasteiger partial charge in [-0.2, -0.15) is 0 Å². The van der Waals surface area contributed by atoms with E-state index in [1.165, 1.54) is 17.0 Å². The van der Waals surface area contributed by atoms with E-state index in [0.29, 0.717) is 4.99 Å². The average Bonchev–Trinajstić information content (AvgIpc) is 2.90. The summed E-state index contributed by atoms with van der Waals surface area (Å²) in [5.74, 6) is 0. The standard InChI is InChI=1S/C12H12N4S2/c13-11(17)7-4-5-14-6-9(7)16-12-15-8-2-1-3-10(8)18-12/h4-6H,1-3H2,(H2,13,17)(H,15,16). The van der Waals surface area contributed by atoms with Gasteiger partial charge in [0.2, 0.25) is 0 Å². The molecule has 0 bridgehead atoms. The molecule has 0 amide bonds. The van der Waals surface area contributed by atoms with Gasteiger partial charge in [-0.3, -0.25) is 4.98 Å². The highest BCUT2D eigenvalue weighted by Gasteiger charge is 2.17. The van der Waals surface area contributed by atoms with Gasteiger partial charge >= 0.3 is 0 Å². The van der Waals surface area contributed by atoms with Crippen LogP contribution in [0, 0.1) is 0 Å². The zero-order chi connectivity index (χ0) is 12.5. The van der Waals surface area contributed by atoms with E-state index in [2.05, 4.69) is 15.3 Å². The highest BCUT2D eigenvalue weighted by Crippen LogP contribution is 2.32. The van der Waals surface area contributed by atoms with E-state index in [1.807, 2.05) is 6.07 Å². The monoisotopic (exact) mass is 276 g/mol. The number of thiazole rings is 1. The van der Waals surface area contributed by atoms with Crippen molar-refractivity contribution in [1.82, 2.24) is 9.97 Å². The first-order valence-electron chi connectivity index (χ1n) is 5.73. The average molecular weight is 276 g/mol. The van der Waals surface area contributed by atoms with Crippen LogP contribution in [0.1, 0.15) is 22.6 Å². The van der Waals surface area contributed by atoms with Crippen LogP contribution in [0.2, 0.25) is 0 Å². The lowest BCUT2D eigenvalue weighted by Crippen LogP contribution is -2.12. The third kappa shape index (κ3) is 2.09. The zero-order valence-electron chi connectivity index (χ0n) is 9.64. The molecule has 0 radical (unpaired) electrons. The second-order valence-electron chi connectivity index (χ2n) is 4.15. The molecule has 2 heterocycles. The Labute approximate surface area is 114 Å². The molecule has 92 valence electrons. The van der Waals surface area contributed by atoms with Crippen molar-refractivity contribution in [2.45, 2.75) is 19.3 Å². The molecule has 2 aromatic heterocycles. The number of nitrogens with two attached hydrogens (primary N) is 1. The molecule has 1 aliphatic rings. The van der Waals surface area contributed by atoms with Gasteiger partial charge in [0.15, 0.2) is 5.13 Å². The minimum absolute atomic E-state index is 0.365. The van der Waals surface area contributed by atoms with Crippen LogP contribution in [0.3, 0.4) is 0 Å². The predicted octanol–water partition coefficient (Wildman–Crippen LogP) is 2.40. The SMILES string of the molecule is NC(=S)c1ccncc1Nc1nc2c(s1)CCC2. The Kier molecular flexibility index (Phi) is 2.97. The number of aromatic nitrogens is 2. The largest absolute Gasteiger partial charge is 0.389 e. The van der Waals surface area contributed by atoms with Crippen LogP contribution in [-0.4, -0.2) is 15.0 Å². The molecule has 3 rings (SSSR count). The molecule has 0 spiro atoms. The third-order valence-electron chi connectivity index (χ3n) is 2.92. The van der Waals surface area contributed by atoms with Gasteiger partial charge in [0.25, 0.3) is 0 Å². The minimum Gasteiger partial charge on any atom is -0.389 e. The number of hydrogen-bond acceptors (Lipinski definition) is 5. The van der Waals surface area contributed by atoms with Gasteiger partial charge in [-0.15, -0.1) is 11.3 Å². The Morgan fingerprint density at radius 1 is 1.44 bits per heavy atom. The summed E-state index contributed by atoms with van der Waals surface area (Å²) in [6.45, 7) is 0. The third-order valence-corrected chi connectivity index (χ3v) is 4.22. The van der Waals surface area contributed by atoms with Crippen molar-refractivity contribution in [3.8, 4) is 0 Å². The normalized spacial score (nSPS) is 13.3. The number of anilines is 2. The first-order valence-corrected chi connectivity index (χ1v) is 6.96. The molecule has 0 aromatic carbocycles. The highest BCUT2D eigenvalue weighted by atomic mass is 32.1. The fourth-order valence-electron chi connectivity index (χ4n) is 2.07. The Hall–Kier alpha value is -1.53. The van der Waals surface area contributed by atoms with Crippen molar-refractivity contribution in [3.63, 3.8) is 0 Å². The summed E-state index contributed by atoms with van der Waals surface area (Å²) < 4.78 is 0. The van der Waals surface area contributed by atoms with Gasteiger partial charge in [0.05, 0.1) is 17.6 Å². The summed E-state index contributed by atoms with van der Waals surface area (Å²) >= 11 is 6.73. The number of rotatable bonds is 3. The van der Waals surface area contributed by atoms with Crippen molar-refractivity contribution in [1.29, 1.82) is 0 Å². The first-order chi connectivity index (χ1) is 8.74. The van der Waals surface area contributed by atoms with Crippen LogP contribution in [-0.2, 0) is 12.8 Å². The maximum absolute atomic E-state index is 5.69. The van der Waals surface area contributed by atoms with Crippen LogP contribution < -0.4 is 11.1 Å². The molecule has 0 aliphatic heterocycles. The lowest BCUT2D eigenvalue weighted by Gasteiger charge is -2.07. The van der Waals surface area contributed by atoms with E-state index in [9.17, 15) is 0 Å². The fourth-order valence-corrected chi connectivity index (χ4v) is 3.31. The van der Waals surface area contributed by atoms with Crippen molar-refractivity contribution in [2.24, 2.45) is 5.73 Å². The first kappa shape index (κ1) is 11.6. The molecule has 1 aliphatic carbocycles. The molecule has 0 saturated heterocycles. The second-order valence-corrected chi connectivity index (χ2v) is 5.68. The van der Waals surface area contributed by atoms with Crippen LogP contribution >= 0.6 is 23.6 Å². The molecule has 4 nitrogen and oxygen atoms in total. The summed E-state index contributed by atoms with van der Waals surface area (Å²) in [4.78, 5) is 10.4. The molecule has 3 N–H and O–H groups in total. The summed E-state index contributed by atoms with van der Waals surface area (Å²) in [5, 5.41) is 4.15. The Balaban J connectivity index is 1.90. The van der Waals surface area contributed by atoms with Gasteiger partial charge in [-0.05, 0) is 25.3 Å². The zero-order valence-corrected chi connectivity index (χ0v) is 11.3. The molecule has 0 atom stereocenters. The number of pyridine rings is 1. The Bertz CT molecular complexity index is 584. The number of fused-ring (bicyclic) bond motifs is 1. The van der Waals surface area contributed by atoms with Gasteiger partial charge in [-0.1, -0.05) is 12.2 Å². The molecular formula is C12H12N4S2. The molecule has 0 saturated carbocycles. The topological polar surface area (TPSA) is 63.8 Å². The van der Waals surface area contributed by atoms with Crippen molar-refractivity contribution < 1.29 is 0 Å². The van der Waals surface area contributed by atoms with Gasteiger partial charge < -0.3 is 11.1 Å². The van der Waals surface area contributed by atoms with E-state index < -0.39 is 0 Å². The lowest BCUT2D eigenvalue weighted by atomic mass is 10.2. The number of thiocarbonyl (C=S) groups is 1. The maximum Gasteiger partial charge on any atom is 0.187 e. The van der Waals surface area contributed by atoms with E-state index in [4.69, 9.17) is 18.0 Å². The van der Waals surface area contributed by atoms with Crippen LogP contribution in [0.15, 0.2) is 18.5 Å². The molecule has 0 unspecified atom stereocenters. The summed E-state index contributed by atoms with van der Waals surface area (Å²) in [6.07, 6.45) is 6.86. The smallest absolute Gasteiger partial charge is 0.187 e. The van der Waals surface area contributed by atoms with E-state index >= 15 is 0 Å². The summed E-state index contributed by atoms with van der Waals surface area (Å²) in [6, 6.07) is 1.81. The number of nitrogens with one attached hydrogen (secondary N) is 1. The number of hydrogen-bond donors (Lipinski definition) is 2. The van der Waals surface area contributed by atoms with E-state index in [-0.39, 0.29) is 0 Å². The quantitative estimate of drug-likeness (QED) is 0.843. The fraction of sp³-hybridized carbons (Fsp3) is 0.250. The molecule has 18 heavy (non-hydrogen) atoms. The van der Waals surface area contributed by atoms with Crippen molar-refractivity contribution >= 4 is 39.4 Å². The molecule has 2 aromatic rings. The lowest BCUT2D eigenvalue weighted by molar-refractivity contribution is 0.900. The maximum atomic E-state index is 5.69. The van der Waals surface area contributed by atoms with Gasteiger partial charge in [0.1, 0.15) is 4.99 Å².